The fourth-order valence-electron chi connectivity index (χ4n) is 1.86. The van der Waals surface area contributed by atoms with Gasteiger partial charge in [-0.05, 0) is 34.1 Å². The van der Waals surface area contributed by atoms with Crippen LogP contribution in [0.4, 0.5) is 0 Å². The molecule has 6 nitrogen and oxygen atoms in total. The molecule has 112 valence electrons. The van der Waals surface area contributed by atoms with Gasteiger partial charge in [-0.15, -0.1) is 0 Å². The van der Waals surface area contributed by atoms with Crippen molar-refractivity contribution in [2.75, 3.05) is 32.6 Å². The van der Waals surface area contributed by atoms with Crippen molar-refractivity contribution in [3.63, 3.8) is 0 Å². The zero-order valence-electron chi connectivity index (χ0n) is 10.7. The molecule has 0 aliphatic carbocycles. The van der Waals surface area contributed by atoms with Crippen LogP contribution < -0.4 is 0 Å². The number of morpholine rings is 1. The second-order valence-electron chi connectivity index (χ2n) is 4.38. The van der Waals surface area contributed by atoms with E-state index in [1.807, 2.05) is 0 Å². The number of ether oxygens (including phenoxy) is 1. The Morgan fingerprint density at radius 2 is 1.75 bits per heavy atom. The Labute approximate surface area is 126 Å². The van der Waals surface area contributed by atoms with Gasteiger partial charge in [0.05, 0.1) is 23.0 Å². The maximum Gasteiger partial charge on any atom is 0.243 e. The Balaban J connectivity index is 2.47. The largest absolute Gasteiger partial charge is 0.379 e. The average Bonchev–Trinajstić information content (AvgIpc) is 2.38. The van der Waals surface area contributed by atoms with Gasteiger partial charge in [-0.25, -0.2) is 16.8 Å². The van der Waals surface area contributed by atoms with Gasteiger partial charge in [0.1, 0.15) is 0 Å². The lowest BCUT2D eigenvalue weighted by atomic mass is 10.4. The minimum atomic E-state index is -3.69. The van der Waals surface area contributed by atoms with Crippen molar-refractivity contribution in [2.24, 2.45) is 0 Å². The molecular weight excluding hydrogens is 370 g/mol. The topological polar surface area (TPSA) is 80.8 Å². The minimum Gasteiger partial charge on any atom is -0.379 e. The van der Waals surface area contributed by atoms with E-state index in [4.69, 9.17) is 4.74 Å². The van der Waals surface area contributed by atoms with Crippen LogP contribution in [0.15, 0.2) is 32.5 Å². The van der Waals surface area contributed by atoms with Crippen LogP contribution in [0.1, 0.15) is 0 Å². The van der Waals surface area contributed by atoms with E-state index in [0.717, 1.165) is 6.26 Å². The van der Waals surface area contributed by atoms with Crippen molar-refractivity contribution in [3.05, 3.63) is 22.7 Å². The lowest BCUT2D eigenvalue weighted by Gasteiger charge is -2.26. The van der Waals surface area contributed by atoms with Gasteiger partial charge in [-0.3, -0.25) is 0 Å². The molecule has 2 rings (SSSR count). The van der Waals surface area contributed by atoms with Crippen molar-refractivity contribution in [3.8, 4) is 0 Å². The van der Waals surface area contributed by atoms with Gasteiger partial charge in [-0.2, -0.15) is 4.31 Å². The summed E-state index contributed by atoms with van der Waals surface area (Å²) in [6.45, 7) is 1.22. The molecule has 1 aromatic carbocycles. The van der Waals surface area contributed by atoms with Gasteiger partial charge in [0.25, 0.3) is 0 Å². The first kappa shape index (κ1) is 15.9. The second kappa shape index (κ2) is 5.72. The minimum absolute atomic E-state index is 0.0250. The zero-order valence-corrected chi connectivity index (χ0v) is 14.0. The lowest BCUT2D eigenvalue weighted by molar-refractivity contribution is 0.0730. The van der Waals surface area contributed by atoms with Crippen molar-refractivity contribution in [2.45, 2.75) is 9.79 Å². The molecule has 0 N–H and O–H groups in total. The van der Waals surface area contributed by atoms with E-state index in [2.05, 4.69) is 15.9 Å². The molecule has 1 aliphatic rings. The number of hydrogen-bond donors (Lipinski definition) is 0. The standard InChI is InChI=1S/C11H14BrNO5S2/c1-19(14,15)11-8-9(2-3-10(11)12)20(16,17)13-4-6-18-7-5-13/h2-3,8H,4-7H2,1H3. The summed E-state index contributed by atoms with van der Waals surface area (Å²) in [6, 6.07) is 4.01. The Kier molecular flexibility index (Phi) is 4.55. The van der Waals surface area contributed by atoms with Gasteiger partial charge >= 0.3 is 0 Å². The smallest absolute Gasteiger partial charge is 0.243 e. The monoisotopic (exact) mass is 383 g/mol. The third kappa shape index (κ3) is 3.22. The van der Waals surface area contributed by atoms with Crippen molar-refractivity contribution in [1.29, 1.82) is 0 Å². The molecule has 1 aromatic rings. The highest BCUT2D eigenvalue weighted by Crippen LogP contribution is 2.27. The lowest BCUT2D eigenvalue weighted by Crippen LogP contribution is -2.40. The van der Waals surface area contributed by atoms with E-state index in [9.17, 15) is 16.8 Å². The van der Waals surface area contributed by atoms with Crippen molar-refractivity contribution < 1.29 is 21.6 Å². The SMILES string of the molecule is CS(=O)(=O)c1cc(S(=O)(=O)N2CCOCC2)ccc1Br. The van der Waals surface area contributed by atoms with Crippen LogP contribution in [-0.4, -0.2) is 53.7 Å². The first-order valence-electron chi connectivity index (χ1n) is 5.80. The highest BCUT2D eigenvalue weighted by Gasteiger charge is 2.27. The van der Waals surface area contributed by atoms with Gasteiger partial charge in [0, 0.05) is 23.8 Å². The molecule has 0 amide bonds. The number of benzene rings is 1. The molecule has 0 aromatic heterocycles. The molecule has 0 radical (unpaired) electrons. The summed E-state index contributed by atoms with van der Waals surface area (Å²) in [7, 11) is -7.20. The van der Waals surface area contributed by atoms with Crippen molar-refractivity contribution >= 4 is 35.8 Å². The van der Waals surface area contributed by atoms with Crippen LogP contribution in [-0.2, 0) is 24.6 Å². The first-order valence-corrected chi connectivity index (χ1v) is 9.93. The van der Waals surface area contributed by atoms with E-state index in [-0.39, 0.29) is 22.9 Å². The normalized spacial score (nSPS) is 18.1. The number of sulfonamides is 1. The Bertz CT molecular complexity index is 708. The molecule has 1 aliphatic heterocycles. The van der Waals surface area contributed by atoms with E-state index >= 15 is 0 Å². The summed E-state index contributed by atoms with van der Waals surface area (Å²) >= 11 is 3.12. The number of halogens is 1. The number of hydrogen-bond acceptors (Lipinski definition) is 5. The highest BCUT2D eigenvalue weighted by molar-refractivity contribution is 9.10. The fourth-order valence-corrected chi connectivity index (χ4v) is 5.27. The number of sulfone groups is 1. The van der Waals surface area contributed by atoms with E-state index in [1.165, 1.54) is 22.5 Å². The Morgan fingerprint density at radius 3 is 2.30 bits per heavy atom. The summed E-state index contributed by atoms with van der Waals surface area (Å²) in [5, 5.41) is 0. The molecule has 1 saturated heterocycles. The molecule has 20 heavy (non-hydrogen) atoms. The van der Waals surface area contributed by atoms with Crippen LogP contribution in [0.25, 0.3) is 0 Å². The molecule has 0 spiro atoms. The predicted molar refractivity (Wildman–Crippen MR) is 76.8 cm³/mol. The van der Waals surface area contributed by atoms with Crippen LogP contribution >= 0.6 is 15.9 Å². The Hall–Kier alpha value is -0.480. The molecular formula is C11H14BrNO5S2. The Morgan fingerprint density at radius 1 is 1.15 bits per heavy atom. The summed E-state index contributed by atoms with van der Waals surface area (Å²) in [5.74, 6) is 0. The van der Waals surface area contributed by atoms with Crippen molar-refractivity contribution in [1.82, 2.24) is 4.31 Å². The molecule has 0 saturated carbocycles. The van der Waals surface area contributed by atoms with Crippen LogP contribution in [0.5, 0.6) is 0 Å². The summed E-state index contributed by atoms with van der Waals surface area (Å²) < 4.78 is 54.9. The van der Waals surface area contributed by atoms with Crippen LogP contribution in [0.2, 0.25) is 0 Å². The summed E-state index contributed by atoms with van der Waals surface area (Å²) in [6.07, 6.45) is 1.04. The number of nitrogens with zero attached hydrogens (tertiary/aromatic N) is 1. The third-order valence-corrected chi connectivity index (χ3v) is 6.90. The number of rotatable bonds is 3. The molecule has 1 fully saturated rings. The molecule has 0 bridgehead atoms. The van der Waals surface area contributed by atoms with Gasteiger partial charge < -0.3 is 4.74 Å². The quantitative estimate of drug-likeness (QED) is 0.773. The zero-order chi connectivity index (χ0) is 15.0. The van der Waals surface area contributed by atoms with Gasteiger partial charge in [-0.1, -0.05) is 0 Å². The average molecular weight is 384 g/mol. The first-order chi connectivity index (χ1) is 9.23. The van der Waals surface area contributed by atoms with Gasteiger partial charge in [0.2, 0.25) is 10.0 Å². The molecule has 0 unspecified atom stereocenters. The summed E-state index contributed by atoms with van der Waals surface area (Å²) in [4.78, 5) is -0.0603. The maximum absolute atomic E-state index is 12.4. The highest BCUT2D eigenvalue weighted by atomic mass is 79.9. The third-order valence-electron chi connectivity index (χ3n) is 2.91. The van der Waals surface area contributed by atoms with E-state index < -0.39 is 19.9 Å². The molecule has 0 atom stereocenters. The van der Waals surface area contributed by atoms with Crippen LogP contribution in [0.3, 0.4) is 0 Å². The molecule has 9 heteroatoms. The van der Waals surface area contributed by atoms with E-state index in [1.54, 1.807) is 0 Å². The molecule has 1 heterocycles. The second-order valence-corrected chi connectivity index (χ2v) is 9.16. The summed E-state index contributed by atoms with van der Waals surface area (Å²) in [5.41, 5.74) is 0. The fraction of sp³-hybridized carbons (Fsp3) is 0.455. The van der Waals surface area contributed by atoms with E-state index in [0.29, 0.717) is 17.7 Å². The van der Waals surface area contributed by atoms with Gasteiger partial charge in [0.15, 0.2) is 9.84 Å². The predicted octanol–water partition coefficient (Wildman–Crippen LogP) is 0.874. The maximum atomic E-state index is 12.4. The van der Waals surface area contributed by atoms with Crippen LogP contribution in [0, 0.1) is 0 Å².